The van der Waals surface area contributed by atoms with E-state index in [1.165, 1.54) is 39.9 Å². The molecule has 0 spiro atoms. The zero-order chi connectivity index (χ0) is 57.9. The zero-order valence-corrected chi connectivity index (χ0v) is 61.3. The Balaban J connectivity index is 2.04. The van der Waals surface area contributed by atoms with E-state index in [0.717, 1.165) is 28.6 Å². The third kappa shape index (κ3) is 17.9. The first-order valence-electron chi connectivity index (χ1n) is 20.0. The third-order valence-corrected chi connectivity index (χ3v) is 20.8. The number of anilines is 6. The van der Waals surface area contributed by atoms with Gasteiger partial charge in [0.2, 0.25) is 65.5 Å². The highest BCUT2D eigenvalue weighted by Crippen LogP contribution is 2.44. The molecule has 24 nitrogen and oxygen atoms in total. The van der Waals surface area contributed by atoms with Gasteiger partial charge in [-0.15, -0.1) is 0 Å². The standard InChI is InChI=1S/C39H38I9N9O15S3/c1-13(58)49-31-22(40)19(37(64)52-73(6,67)68)23(41)32(28(31)46)50-15(60)9-11-17(62)56(4)34-25(43)20(38(65)53-74(7,69)70)24(42)33(29(34)47)51-16(61)10-12-18(63)57(5)36-27(45)21(39(66)54-75(8,71)72)26(44)35(30(36)48)55(3)14(2)59/h9-12H2,1-8H3,(H,49,58)(H,50,60)(H,51,61)(H,52,64)(H,53,65)(H,54,66). The van der Waals surface area contributed by atoms with Gasteiger partial charge in [0, 0.05) is 60.7 Å². The van der Waals surface area contributed by atoms with E-state index in [1.54, 1.807) is 113 Å². The largest absolute Gasteiger partial charge is 0.324 e. The highest BCUT2D eigenvalue weighted by molar-refractivity contribution is 14.1. The smallest absolute Gasteiger partial charge is 0.267 e. The van der Waals surface area contributed by atoms with Crippen molar-refractivity contribution in [1.29, 1.82) is 0 Å². The van der Waals surface area contributed by atoms with Crippen LogP contribution in [0.5, 0.6) is 0 Å². The fourth-order valence-electron chi connectivity index (χ4n) is 6.18. The van der Waals surface area contributed by atoms with E-state index in [-0.39, 0.29) is 79.4 Å². The molecule has 0 heterocycles. The number of carbonyl (C=O) groups excluding carboxylic acids is 9. The number of nitrogens with one attached hydrogen (secondary N) is 6. The van der Waals surface area contributed by atoms with Crippen molar-refractivity contribution in [1.82, 2.24) is 14.2 Å². The second-order valence-electron chi connectivity index (χ2n) is 15.5. The fraction of sp³-hybridized carbons (Fsp3) is 0.308. The number of benzene rings is 3. The summed E-state index contributed by atoms with van der Waals surface area (Å²) in [5.41, 5.74) is -0.157. The van der Waals surface area contributed by atoms with Crippen LogP contribution in [-0.4, -0.2) is 118 Å². The maximum atomic E-state index is 14.0. The average molecular weight is 2110 g/mol. The average Bonchev–Trinajstić information content (AvgIpc) is 3.24. The van der Waals surface area contributed by atoms with Crippen LogP contribution >= 0.6 is 203 Å². The Morgan fingerprint density at radius 1 is 0.387 bits per heavy atom. The van der Waals surface area contributed by atoms with Gasteiger partial charge in [-0.05, 0) is 203 Å². The molecule has 0 fully saturated rings. The predicted octanol–water partition coefficient (Wildman–Crippen LogP) is 5.90. The molecule has 9 amide bonds. The van der Waals surface area contributed by atoms with Crippen LogP contribution in [0.2, 0.25) is 0 Å². The Morgan fingerprint density at radius 2 is 0.667 bits per heavy atom. The van der Waals surface area contributed by atoms with Crippen LogP contribution in [-0.2, 0) is 58.8 Å². The lowest BCUT2D eigenvalue weighted by molar-refractivity contribution is -0.122. The molecule has 0 atom stereocenters. The summed E-state index contributed by atoms with van der Waals surface area (Å²) in [5, 5.41) is 7.89. The van der Waals surface area contributed by atoms with E-state index in [9.17, 15) is 68.4 Å². The summed E-state index contributed by atoms with van der Waals surface area (Å²) in [4.78, 5) is 124. The number of amides is 9. The summed E-state index contributed by atoms with van der Waals surface area (Å²) >= 11 is 16.1. The topological polar surface area (TPSA) is 338 Å². The van der Waals surface area contributed by atoms with Crippen LogP contribution in [0.25, 0.3) is 0 Å². The van der Waals surface area contributed by atoms with Crippen LogP contribution in [0.1, 0.15) is 70.6 Å². The van der Waals surface area contributed by atoms with Crippen molar-refractivity contribution in [2.45, 2.75) is 39.5 Å². The number of sulfonamides is 3. The van der Waals surface area contributed by atoms with Crippen molar-refractivity contribution in [3.8, 4) is 0 Å². The maximum absolute atomic E-state index is 14.0. The van der Waals surface area contributed by atoms with Gasteiger partial charge in [0.05, 0.1) is 102 Å². The van der Waals surface area contributed by atoms with Crippen molar-refractivity contribution in [2.24, 2.45) is 0 Å². The molecule has 0 aromatic heterocycles. The van der Waals surface area contributed by atoms with E-state index in [0.29, 0.717) is 3.57 Å². The second-order valence-corrected chi connectivity index (χ2v) is 30.4. The second kappa shape index (κ2) is 27.9. The van der Waals surface area contributed by atoms with E-state index in [4.69, 9.17) is 0 Å². The molecule has 36 heteroatoms. The number of nitrogens with zero attached hydrogens (tertiary/aromatic N) is 3. The van der Waals surface area contributed by atoms with Gasteiger partial charge in [0.1, 0.15) is 0 Å². The van der Waals surface area contributed by atoms with Crippen molar-refractivity contribution >= 4 is 321 Å². The molecule has 0 aliphatic heterocycles. The number of hydrogen-bond acceptors (Lipinski definition) is 15. The lowest BCUT2D eigenvalue weighted by Crippen LogP contribution is -2.35. The maximum Gasteiger partial charge on any atom is 0.267 e. The van der Waals surface area contributed by atoms with Crippen molar-refractivity contribution < 1.29 is 68.4 Å². The first-order chi connectivity index (χ1) is 34.1. The summed E-state index contributed by atoms with van der Waals surface area (Å²) in [6.45, 7) is 2.47. The minimum absolute atomic E-state index is 0.0138. The molecule has 0 aliphatic carbocycles. The Labute approximate surface area is 553 Å². The molecule has 75 heavy (non-hydrogen) atoms. The Kier molecular flexibility index (Phi) is 25.5. The molecular formula is C39H38I9N9O15S3. The lowest BCUT2D eigenvalue weighted by atomic mass is 10.1. The first kappa shape index (κ1) is 68.6. The molecule has 0 saturated carbocycles. The monoisotopic (exact) mass is 2110 g/mol. The number of halogens is 9. The van der Waals surface area contributed by atoms with E-state index in [2.05, 4.69) is 16.0 Å². The highest BCUT2D eigenvalue weighted by atomic mass is 127. The van der Waals surface area contributed by atoms with Crippen LogP contribution in [0, 0.1) is 32.1 Å². The van der Waals surface area contributed by atoms with Gasteiger partial charge in [0.25, 0.3) is 17.7 Å². The van der Waals surface area contributed by atoms with Gasteiger partial charge >= 0.3 is 0 Å². The highest BCUT2D eigenvalue weighted by Gasteiger charge is 2.34. The summed E-state index contributed by atoms with van der Waals surface area (Å²) in [6.07, 6.45) is 0.342. The molecule has 6 N–H and O–H groups in total. The fourth-order valence-corrected chi connectivity index (χ4v) is 21.4. The van der Waals surface area contributed by atoms with Crippen molar-refractivity contribution in [3.63, 3.8) is 0 Å². The molecule has 0 radical (unpaired) electrons. The molecule has 0 saturated heterocycles. The minimum Gasteiger partial charge on any atom is -0.324 e. The molecule has 3 aromatic carbocycles. The van der Waals surface area contributed by atoms with Crippen molar-refractivity contribution in [2.75, 3.05) is 70.6 Å². The Hall–Kier alpha value is -0.690. The summed E-state index contributed by atoms with van der Waals surface area (Å²) in [6, 6.07) is 0. The van der Waals surface area contributed by atoms with Crippen molar-refractivity contribution in [3.05, 3.63) is 48.8 Å². The van der Waals surface area contributed by atoms with E-state index < -0.39 is 109 Å². The Bertz CT molecular complexity index is 3370. The molecular weight excluding hydrogens is 2070 g/mol. The molecule has 0 unspecified atom stereocenters. The Morgan fingerprint density at radius 3 is 0.987 bits per heavy atom. The predicted molar refractivity (Wildman–Crippen MR) is 357 cm³/mol. The summed E-state index contributed by atoms with van der Waals surface area (Å²) in [5.74, 6) is -7.08. The first-order valence-corrected chi connectivity index (χ1v) is 35.4. The van der Waals surface area contributed by atoms with Gasteiger partial charge in [0.15, 0.2) is 0 Å². The SMILES string of the molecule is CC(=O)Nc1c(I)c(NC(=O)CCC(=O)N(C)c2c(I)c(NC(=O)CCC(=O)N(C)c3c(I)c(C(=O)NS(C)(=O)=O)c(I)c(N(C)C(C)=O)c3I)c(I)c(C(=O)NS(C)(=O)=O)c2I)c(I)c(C(=O)NS(C)(=O)=O)c1I. The van der Waals surface area contributed by atoms with Gasteiger partial charge in [-0.3, -0.25) is 43.2 Å². The van der Waals surface area contributed by atoms with Crippen LogP contribution in [0.3, 0.4) is 0 Å². The van der Waals surface area contributed by atoms with E-state index >= 15 is 0 Å². The quantitative estimate of drug-likeness (QED) is 0.0808. The van der Waals surface area contributed by atoms with Gasteiger partial charge in [-0.25, -0.2) is 39.4 Å². The number of hydrogen-bond donors (Lipinski definition) is 6. The van der Waals surface area contributed by atoms with Gasteiger partial charge in [-0.2, -0.15) is 0 Å². The number of carbonyl (C=O) groups is 9. The minimum atomic E-state index is -4.17. The zero-order valence-electron chi connectivity index (χ0n) is 39.4. The molecule has 3 rings (SSSR count). The van der Waals surface area contributed by atoms with Gasteiger partial charge < -0.3 is 30.7 Å². The molecule has 410 valence electrons. The molecule has 0 bridgehead atoms. The molecule has 3 aromatic rings. The van der Waals surface area contributed by atoms with Crippen LogP contribution < -0.4 is 44.8 Å². The van der Waals surface area contributed by atoms with E-state index in [1.807, 2.05) is 105 Å². The normalized spacial score (nSPS) is 11.5. The van der Waals surface area contributed by atoms with Crippen LogP contribution in [0.15, 0.2) is 0 Å². The summed E-state index contributed by atoms with van der Waals surface area (Å²) < 4.78 is 79.9. The third-order valence-electron chi connectivity index (χ3n) is 9.59. The van der Waals surface area contributed by atoms with Gasteiger partial charge in [-0.1, -0.05) is 0 Å². The van der Waals surface area contributed by atoms with Crippen LogP contribution in [0.4, 0.5) is 34.1 Å². The molecule has 0 aliphatic rings. The lowest BCUT2D eigenvalue weighted by Gasteiger charge is -2.28. The summed E-state index contributed by atoms with van der Waals surface area (Å²) in [7, 11) is -8.16. The number of rotatable bonds is 18.